The second-order valence-corrected chi connectivity index (χ2v) is 6.69. The molecule has 1 aromatic carbocycles. The summed E-state index contributed by atoms with van der Waals surface area (Å²) in [5.41, 5.74) is -0.408. The number of halogens is 3. The SMILES string of the molecule is CC(C)(C)C1CCN(c2ccc(C=O)cc2C(F)(F)F)C1. The van der Waals surface area contributed by atoms with Gasteiger partial charge in [0.1, 0.15) is 6.29 Å². The molecule has 1 aliphatic rings. The lowest BCUT2D eigenvalue weighted by Crippen LogP contribution is -2.27. The Morgan fingerprint density at radius 1 is 1.24 bits per heavy atom. The lowest BCUT2D eigenvalue weighted by atomic mass is 9.80. The van der Waals surface area contributed by atoms with E-state index in [0.29, 0.717) is 25.3 Å². The summed E-state index contributed by atoms with van der Waals surface area (Å²) in [7, 11) is 0. The van der Waals surface area contributed by atoms with E-state index >= 15 is 0 Å². The molecule has 1 saturated heterocycles. The van der Waals surface area contributed by atoms with Gasteiger partial charge in [-0.05, 0) is 36.0 Å². The van der Waals surface area contributed by atoms with Gasteiger partial charge in [-0.1, -0.05) is 20.8 Å². The van der Waals surface area contributed by atoms with Crippen LogP contribution in [0.2, 0.25) is 0 Å². The van der Waals surface area contributed by atoms with E-state index in [1.807, 2.05) is 0 Å². The predicted molar refractivity (Wildman–Crippen MR) is 76.6 cm³/mol. The van der Waals surface area contributed by atoms with Crippen LogP contribution in [-0.2, 0) is 6.18 Å². The number of rotatable bonds is 2. The average molecular weight is 299 g/mol. The van der Waals surface area contributed by atoms with Crippen molar-refractivity contribution >= 4 is 12.0 Å². The van der Waals surface area contributed by atoms with Crippen LogP contribution in [-0.4, -0.2) is 19.4 Å². The maximum Gasteiger partial charge on any atom is 0.418 e. The lowest BCUT2D eigenvalue weighted by Gasteiger charge is -2.28. The second-order valence-electron chi connectivity index (χ2n) is 6.69. The van der Waals surface area contributed by atoms with Gasteiger partial charge >= 0.3 is 6.18 Å². The van der Waals surface area contributed by atoms with E-state index in [1.54, 1.807) is 4.90 Å². The maximum atomic E-state index is 13.2. The van der Waals surface area contributed by atoms with E-state index in [0.717, 1.165) is 12.5 Å². The Morgan fingerprint density at radius 3 is 2.38 bits per heavy atom. The van der Waals surface area contributed by atoms with Gasteiger partial charge < -0.3 is 4.90 Å². The van der Waals surface area contributed by atoms with Gasteiger partial charge in [0.05, 0.1) is 5.56 Å². The van der Waals surface area contributed by atoms with Gasteiger partial charge in [0.2, 0.25) is 0 Å². The number of alkyl halides is 3. The molecule has 0 saturated carbocycles. The lowest BCUT2D eigenvalue weighted by molar-refractivity contribution is -0.137. The highest BCUT2D eigenvalue weighted by Crippen LogP contribution is 2.41. The topological polar surface area (TPSA) is 20.3 Å². The van der Waals surface area contributed by atoms with Crippen molar-refractivity contribution in [1.82, 2.24) is 0 Å². The first-order valence-corrected chi connectivity index (χ1v) is 7.04. The van der Waals surface area contributed by atoms with Crippen molar-refractivity contribution < 1.29 is 18.0 Å². The summed E-state index contributed by atoms with van der Waals surface area (Å²) >= 11 is 0. The summed E-state index contributed by atoms with van der Waals surface area (Å²) < 4.78 is 39.6. The van der Waals surface area contributed by atoms with Gasteiger partial charge in [0.25, 0.3) is 0 Å². The Bertz CT molecular complexity index is 531. The molecule has 2 rings (SSSR count). The highest BCUT2D eigenvalue weighted by atomic mass is 19.4. The third-order valence-corrected chi connectivity index (χ3v) is 4.22. The van der Waals surface area contributed by atoms with Crippen molar-refractivity contribution in [2.45, 2.75) is 33.4 Å². The highest BCUT2D eigenvalue weighted by molar-refractivity contribution is 5.77. The third kappa shape index (κ3) is 3.39. The Morgan fingerprint density at radius 2 is 1.90 bits per heavy atom. The summed E-state index contributed by atoms with van der Waals surface area (Å²) in [6.45, 7) is 7.57. The van der Waals surface area contributed by atoms with Crippen LogP contribution in [0.1, 0.15) is 43.1 Å². The molecule has 1 fully saturated rings. The Labute approximate surface area is 122 Å². The van der Waals surface area contributed by atoms with Crippen molar-refractivity contribution in [2.75, 3.05) is 18.0 Å². The minimum atomic E-state index is -4.45. The number of benzene rings is 1. The highest BCUT2D eigenvalue weighted by Gasteiger charge is 2.38. The van der Waals surface area contributed by atoms with E-state index in [1.165, 1.54) is 12.1 Å². The Balaban J connectivity index is 2.35. The number of aldehydes is 1. The van der Waals surface area contributed by atoms with Crippen molar-refractivity contribution in [3.8, 4) is 0 Å². The van der Waals surface area contributed by atoms with Crippen LogP contribution in [0.15, 0.2) is 18.2 Å². The molecule has 2 nitrogen and oxygen atoms in total. The molecule has 1 unspecified atom stereocenters. The van der Waals surface area contributed by atoms with Crippen LogP contribution >= 0.6 is 0 Å². The van der Waals surface area contributed by atoms with Crippen LogP contribution in [0.4, 0.5) is 18.9 Å². The zero-order chi connectivity index (χ0) is 15.8. The van der Waals surface area contributed by atoms with Crippen LogP contribution in [0.25, 0.3) is 0 Å². The largest absolute Gasteiger partial charge is 0.418 e. The first kappa shape index (κ1) is 15.9. The number of nitrogens with zero attached hydrogens (tertiary/aromatic N) is 1. The number of hydrogen-bond acceptors (Lipinski definition) is 2. The molecule has 1 atom stereocenters. The molecule has 1 heterocycles. The summed E-state index contributed by atoms with van der Waals surface area (Å²) in [5.74, 6) is 0.365. The van der Waals surface area contributed by atoms with Gasteiger partial charge in [0.15, 0.2) is 0 Å². The molecule has 0 aromatic heterocycles. The van der Waals surface area contributed by atoms with Gasteiger partial charge in [-0.25, -0.2) is 0 Å². The molecule has 0 N–H and O–H groups in total. The number of carbonyl (C=O) groups is 1. The van der Waals surface area contributed by atoms with Gasteiger partial charge in [-0.2, -0.15) is 13.2 Å². The Kier molecular flexibility index (Phi) is 4.04. The molecule has 0 amide bonds. The van der Waals surface area contributed by atoms with Gasteiger partial charge in [-0.3, -0.25) is 4.79 Å². The van der Waals surface area contributed by atoms with E-state index in [2.05, 4.69) is 20.8 Å². The molecule has 1 aromatic rings. The van der Waals surface area contributed by atoms with Crippen molar-refractivity contribution in [3.05, 3.63) is 29.3 Å². The first-order chi connectivity index (χ1) is 9.63. The van der Waals surface area contributed by atoms with E-state index in [9.17, 15) is 18.0 Å². The molecular weight excluding hydrogens is 279 g/mol. The fourth-order valence-electron chi connectivity index (χ4n) is 2.82. The summed E-state index contributed by atoms with van der Waals surface area (Å²) in [5, 5.41) is 0. The zero-order valence-corrected chi connectivity index (χ0v) is 12.5. The molecule has 21 heavy (non-hydrogen) atoms. The normalized spacial score (nSPS) is 19.9. The monoisotopic (exact) mass is 299 g/mol. The quantitative estimate of drug-likeness (QED) is 0.755. The summed E-state index contributed by atoms with van der Waals surface area (Å²) in [6.07, 6.45) is -3.12. The average Bonchev–Trinajstić information content (AvgIpc) is 2.86. The minimum Gasteiger partial charge on any atom is -0.371 e. The molecule has 0 radical (unpaired) electrons. The standard InChI is InChI=1S/C16H20F3NO/c1-15(2,3)12-6-7-20(9-12)14-5-4-11(10-21)8-13(14)16(17,18)19/h4-5,8,10,12H,6-7,9H2,1-3H3. The molecular formula is C16H20F3NO. The van der Waals surface area contributed by atoms with Crippen molar-refractivity contribution in [1.29, 1.82) is 0 Å². The summed E-state index contributed by atoms with van der Waals surface area (Å²) in [4.78, 5) is 12.5. The van der Waals surface area contributed by atoms with Crippen molar-refractivity contribution in [3.63, 3.8) is 0 Å². The van der Waals surface area contributed by atoms with Crippen LogP contribution < -0.4 is 4.90 Å². The smallest absolute Gasteiger partial charge is 0.371 e. The molecule has 0 spiro atoms. The van der Waals surface area contributed by atoms with Gasteiger partial charge in [-0.15, -0.1) is 0 Å². The number of carbonyl (C=O) groups excluding carboxylic acids is 1. The Hall–Kier alpha value is -1.52. The number of anilines is 1. The molecule has 5 heteroatoms. The fourth-order valence-corrected chi connectivity index (χ4v) is 2.82. The first-order valence-electron chi connectivity index (χ1n) is 7.04. The second kappa shape index (κ2) is 5.35. The molecule has 0 bridgehead atoms. The molecule has 0 aliphatic carbocycles. The minimum absolute atomic E-state index is 0.0534. The van der Waals surface area contributed by atoms with Crippen LogP contribution in [0, 0.1) is 11.3 Å². The van der Waals surface area contributed by atoms with Gasteiger partial charge in [0, 0.05) is 24.3 Å². The van der Waals surface area contributed by atoms with E-state index < -0.39 is 11.7 Å². The molecule has 1 aliphatic heterocycles. The van der Waals surface area contributed by atoms with Crippen LogP contribution in [0.5, 0.6) is 0 Å². The number of hydrogen-bond donors (Lipinski definition) is 0. The maximum absolute atomic E-state index is 13.2. The fraction of sp³-hybridized carbons (Fsp3) is 0.562. The third-order valence-electron chi connectivity index (χ3n) is 4.22. The van der Waals surface area contributed by atoms with Crippen LogP contribution in [0.3, 0.4) is 0 Å². The predicted octanol–water partition coefficient (Wildman–Crippen LogP) is 4.39. The van der Waals surface area contributed by atoms with Crippen molar-refractivity contribution in [2.24, 2.45) is 11.3 Å². The summed E-state index contributed by atoms with van der Waals surface area (Å²) in [6, 6.07) is 3.80. The zero-order valence-electron chi connectivity index (χ0n) is 12.5. The van der Waals surface area contributed by atoms with E-state index in [4.69, 9.17) is 0 Å². The van der Waals surface area contributed by atoms with E-state index in [-0.39, 0.29) is 16.7 Å². The molecule has 116 valence electrons.